The monoisotopic (exact) mass is 446 g/mol. The van der Waals surface area contributed by atoms with Crippen molar-refractivity contribution in [2.45, 2.75) is 0 Å². The summed E-state index contributed by atoms with van der Waals surface area (Å²) in [4.78, 5) is 28.8. The molecule has 2 amide bonds. The summed E-state index contributed by atoms with van der Waals surface area (Å²) >= 11 is 0. The molecule has 0 aliphatic carbocycles. The number of halogens is 4. The second-order valence-corrected chi connectivity index (χ2v) is 6.07. The third-order valence-electron chi connectivity index (χ3n) is 4.29. The van der Waals surface area contributed by atoms with Crippen molar-refractivity contribution in [2.24, 2.45) is 0 Å². The molecule has 31 heavy (non-hydrogen) atoms. The number of benzene rings is 2. The van der Waals surface area contributed by atoms with E-state index >= 15 is 0 Å². The first-order valence-corrected chi connectivity index (χ1v) is 8.34. The van der Waals surface area contributed by atoms with Crippen LogP contribution in [0.2, 0.25) is 0 Å². The second-order valence-electron chi connectivity index (χ2n) is 6.07. The molecule has 11 heteroatoms. The van der Waals surface area contributed by atoms with Crippen LogP contribution in [0.15, 0.2) is 35.4 Å². The third-order valence-corrected chi connectivity index (χ3v) is 4.29. The summed E-state index contributed by atoms with van der Waals surface area (Å²) in [5.74, 6) is -10.8. The van der Waals surface area contributed by atoms with Gasteiger partial charge in [-0.2, -0.15) is 0 Å². The summed E-state index contributed by atoms with van der Waals surface area (Å²) < 4.78 is 111. The molecular formula is C20H16F4N2O5. The highest BCUT2D eigenvalue weighted by atomic mass is 19.2. The number of hydrogen-bond donors (Lipinski definition) is 2. The Hall–Kier alpha value is -3.44. The Bertz CT molecular complexity index is 1250. The van der Waals surface area contributed by atoms with Crippen LogP contribution in [0.25, 0.3) is 11.1 Å². The van der Waals surface area contributed by atoms with Gasteiger partial charge in [-0.3, -0.25) is 14.4 Å². The lowest BCUT2D eigenvalue weighted by Gasteiger charge is -2.14. The normalized spacial score (nSPS) is 17.0. The maximum atomic E-state index is 14.8. The van der Waals surface area contributed by atoms with Crippen LogP contribution < -0.4 is 15.5 Å². The number of carbonyl (C=O) groups is 2. The van der Waals surface area contributed by atoms with Crippen molar-refractivity contribution in [1.82, 2.24) is 5.48 Å². The number of rotatable bonds is 6. The smallest absolute Gasteiger partial charge is 0.273 e. The fraction of sp³-hybridized carbons (Fsp3) is 0.200. The summed E-state index contributed by atoms with van der Waals surface area (Å²) in [6, 6.07) is 4.16. The number of hydroxylamine groups is 1. The quantitative estimate of drug-likeness (QED) is 0.405. The Morgan fingerprint density at radius 2 is 1.68 bits per heavy atom. The molecule has 2 aromatic carbocycles. The van der Waals surface area contributed by atoms with Gasteiger partial charge in [0, 0.05) is 0 Å². The van der Waals surface area contributed by atoms with Gasteiger partial charge in [-0.1, -0.05) is 12.1 Å². The first-order chi connectivity index (χ1) is 17.1. The molecule has 0 saturated heterocycles. The fourth-order valence-corrected chi connectivity index (χ4v) is 2.84. The zero-order valence-electron chi connectivity index (χ0n) is 21.3. The molecule has 1 heterocycles. The van der Waals surface area contributed by atoms with Gasteiger partial charge in [0.2, 0.25) is 0 Å². The standard InChI is InChI=1S/C20H16F4N2O5/c1-29-10-5-3-4-9(6-10)13-14(21)16(23)18(17(24)15(13)22)25-19(27)11-7-31-8-12(11)20(28)26-30-2/h3-6H,7-8H2,1-2H3,(H,25,27)(H,26,28)/i1D3,2D3. The van der Waals surface area contributed by atoms with Gasteiger partial charge in [0.1, 0.15) is 11.4 Å². The summed E-state index contributed by atoms with van der Waals surface area (Å²) in [5, 5.41) is 1.64. The lowest BCUT2D eigenvalue weighted by atomic mass is 10.0. The van der Waals surface area contributed by atoms with Crippen LogP contribution in [-0.4, -0.2) is 39.1 Å². The van der Waals surface area contributed by atoms with Crippen LogP contribution in [0.3, 0.4) is 0 Å². The average molecular weight is 446 g/mol. The van der Waals surface area contributed by atoms with Crippen molar-refractivity contribution >= 4 is 17.5 Å². The molecule has 164 valence electrons. The van der Waals surface area contributed by atoms with E-state index in [1.807, 2.05) is 0 Å². The predicted octanol–water partition coefficient (Wildman–Crippen LogP) is 2.86. The van der Waals surface area contributed by atoms with Crippen LogP contribution in [0.5, 0.6) is 5.75 Å². The molecule has 1 aliphatic rings. The van der Waals surface area contributed by atoms with Crippen molar-refractivity contribution in [3.8, 4) is 16.9 Å². The highest BCUT2D eigenvalue weighted by Crippen LogP contribution is 2.36. The topological polar surface area (TPSA) is 85.9 Å². The molecule has 0 saturated carbocycles. The van der Waals surface area contributed by atoms with E-state index in [0.717, 1.165) is 24.3 Å². The van der Waals surface area contributed by atoms with Gasteiger partial charge in [0.25, 0.3) is 11.8 Å². The van der Waals surface area contributed by atoms with Gasteiger partial charge >= 0.3 is 0 Å². The molecule has 0 aromatic heterocycles. The van der Waals surface area contributed by atoms with Crippen LogP contribution in [0.4, 0.5) is 23.2 Å². The molecule has 2 aromatic rings. The number of methoxy groups -OCH3 is 1. The Balaban J connectivity index is 1.93. The van der Waals surface area contributed by atoms with Crippen molar-refractivity contribution in [1.29, 1.82) is 0 Å². The SMILES string of the molecule is [2H]C([2H])([2H])ONC(=O)C1=C(C(=O)Nc2c(F)c(F)c(-c3cccc(OC([2H])([2H])[2H])c3)c(F)c2F)COC1. The molecule has 0 unspecified atom stereocenters. The van der Waals surface area contributed by atoms with Crippen molar-refractivity contribution in [3.05, 3.63) is 58.7 Å². The number of nitrogens with one attached hydrogen (secondary N) is 2. The summed E-state index contributed by atoms with van der Waals surface area (Å²) in [6.07, 6.45) is 0. The van der Waals surface area contributed by atoms with E-state index in [4.69, 9.17) is 13.0 Å². The van der Waals surface area contributed by atoms with E-state index in [2.05, 4.69) is 9.57 Å². The maximum absolute atomic E-state index is 14.8. The molecule has 3 rings (SSSR count). The minimum atomic E-state index is -3.01. The van der Waals surface area contributed by atoms with Gasteiger partial charge in [0.15, 0.2) is 23.3 Å². The predicted molar refractivity (Wildman–Crippen MR) is 99.9 cm³/mol. The van der Waals surface area contributed by atoms with E-state index in [1.54, 1.807) is 10.8 Å². The molecule has 0 radical (unpaired) electrons. The molecule has 0 bridgehead atoms. The molecule has 0 atom stereocenters. The molecule has 1 aliphatic heterocycles. The highest BCUT2D eigenvalue weighted by Gasteiger charge is 2.31. The van der Waals surface area contributed by atoms with E-state index in [0.29, 0.717) is 0 Å². The number of carbonyl (C=O) groups excluding carboxylic acids is 2. The first kappa shape index (κ1) is 15.4. The average Bonchev–Trinajstić information content (AvgIpc) is 3.28. The molecule has 2 N–H and O–H groups in total. The summed E-state index contributed by atoms with van der Waals surface area (Å²) in [5.41, 5.74) is -2.58. The van der Waals surface area contributed by atoms with Crippen LogP contribution in [0, 0.1) is 23.3 Å². The van der Waals surface area contributed by atoms with Crippen molar-refractivity contribution in [2.75, 3.05) is 32.6 Å². The van der Waals surface area contributed by atoms with Gasteiger partial charge in [-0.15, -0.1) is 0 Å². The Labute approximate surface area is 182 Å². The second kappa shape index (κ2) is 9.14. The zero-order chi connectivity index (χ0) is 27.7. The van der Waals surface area contributed by atoms with Gasteiger partial charge in [0.05, 0.1) is 52.2 Å². The van der Waals surface area contributed by atoms with Crippen LogP contribution >= 0.6 is 0 Å². The minimum Gasteiger partial charge on any atom is -0.497 e. The van der Waals surface area contributed by atoms with E-state index in [-0.39, 0.29) is 5.75 Å². The van der Waals surface area contributed by atoms with E-state index < -0.39 is 90.3 Å². The number of anilines is 1. The maximum Gasteiger partial charge on any atom is 0.273 e. The lowest BCUT2D eigenvalue weighted by molar-refractivity contribution is -0.127. The Kier molecular flexibility index (Phi) is 4.54. The minimum absolute atomic E-state index is 0.365. The molecule has 0 spiro atoms. The van der Waals surface area contributed by atoms with Crippen molar-refractivity contribution < 1.29 is 49.7 Å². The third kappa shape index (κ3) is 4.23. The van der Waals surface area contributed by atoms with Crippen LogP contribution in [-0.2, 0) is 19.2 Å². The largest absolute Gasteiger partial charge is 0.497 e. The fourth-order valence-electron chi connectivity index (χ4n) is 2.84. The first-order valence-electron chi connectivity index (χ1n) is 11.3. The number of amides is 2. The number of ether oxygens (including phenoxy) is 2. The highest BCUT2D eigenvalue weighted by molar-refractivity contribution is 6.10. The zero-order valence-corrected chi connectivity index (χ0v) is 15.3. The summed E-state index contributed by atoms with van der Waals surface area (Å²) in [6.45, 7) is -1.05. The van der Waals surface area contributed by atoms with Gasteiger partial charge in [-0.05, 0) is 17.7 Å². The molecule has 0 fully saturated rings. The summed E-state index contributed by atoms with van der Waals surface area (Å²) in [7, 11) is -5.92. The van der Waals surface area contributed by atoms with Gasteiger partial charge in [-0.25, -0.2) is 23.0 Å². The Morgan fingerprint density at radius 3 is 2.32 bits per heavy atom. The van der Waals surface area contributed by atoms with Gasteiger partial charge < -0.3 is 14.8 Å². The van der Waals surface area contributed by atoms with Crippen LogP contribution in [0.1, 0.15) is 8.22 Å². The molecular weight excluding hydrogens is 424 g/mol. The number of hydrogen-bond acceptors (Lipinski definition) is 5. The molecule has 7 nitrogen and oxygen atoms in total. The lowest BCUT2D eigenvalue weighted by Crippen LogP contribution is -2.27. The van der Waals surface area contributed by atoms with E-state index in [9.17, 15) is 27.2 Å². The Morgan fingerprint density at radius 1 is 1.00 bits per heavy atom. The van der Waals surface area contributed by atoms with Crippen molar-refractivity contribution in [3.63, 3.8) is 0 Å². The van der Waals surface area contributed by atoms with E-state index in [1.165, 1.54) is 0 Å².